The molecule has 1 unspecified atom stereocenters. The normalized spacial score (nSPS) is 12.0. The van der Waals surface area contributed by atoms with Crippen molar-refractivity contribution in [1.82, 2.24) is 9.88 Å². The number of aryl methyl sites for hydroxylation is 1. The lowest BCUT2D eigenvalue weighted by molar-refractivity contribution is 0.0741. The van der Waals surface area contributed by atoms with Crippen LogP contribution in [0.4, 0.5) is 0 Å². The Kier molecular flexibility index (Phi) is 4.73. The molecule has 0 fully saturated rings. The summed E-state index contributed by atoms with van der Waals surface area (Å²) in [6, 6.07) is 11.9. The second kappa shape index (κ2) is 6.53. The highest BCUT2D eigenvalue weighted by molar-refractivity contribution is 6.00. The predicted molar refractivity (Wildman–Crippen MR) is 86.3 cm³/mol. The summed E-state index contributed by atoms with van der Waals surface area (Å²) < 4.78 is 0. The largest absolute Gasteiger partial charge is 0.339 e. The highest BCUT2D eigenvalue weighted by atomic mass is 16.2. The van der Waals surface area contributed by atoms with Crippen LogP contribution in [0.1, 0.15) is 36.2 Å². The molecule has 1 atom stereocenters. The summed E-state index contributed by atoms with van der Waals surface area (Å²) in [6.45, 7) is 6.15. The summed E-state index contributed by atoms with van der Waals surface area (Å²) >= 11 is 0. The summed E-state index contributed by atoms with van der Waals surface area (Å²) in [5.41, 5.74) is 3.52. The summed E-state index contributed by atoms with van der Waals surface area (Å²) in [4.78, 5) is 19.0. The van der Waals surface area contributed by atoms with E-state index in [-0.39, 0.29) is 11.9 Å². The Morgan fingerprint density at radius 2 is 2.05 bits per heavy atom. The number of hydrogen-bond acceptors (Lipinski definition) is 2. The molecule has 0 N–H and O–H groups in total. The molecule has 1 aromatic heterocycles. The van der Waals surface area contributed by atoms with Crippen molar-refractivity contribution in [3.05, 3.63) is 53.7 Å². The van der Waals surface area contributed by atoms with Crippen molar-refractivity contribution in [1.29, 1.82) is 0 Å². The van der Waals surface area contributed by atoms with Crippen LogP contribution in [0.15, 0.2) is 42.6 Å². The monoisotopic (exact) mass is 282 g/mol. The van der Waals surface area contributed by atoms with Gasteiger partial charge in [-0.3, -0.25) is 9.78 Å². The molecule has 0 saturated heterocycles. The first-order chi connectivity index (χ1) is 10.0. The van der Waals surface area contributed by atoms with Gasteiger partial charge in [0.15, 0.2) is 0 Å². The van der Waals surface area contributed by atoms with Crippen LogP contribution in [-0.4, -0.2) is 28.9 Å². The van der Waals surface area contributed by atoms with Crippen molar-refractivity contribution in [2.45, 2.75) is 33.2 Å². The van der Waals surface area contributed by atoms with Gasteiger partial charge in [-0.1, -0.05) is 30.7 Å². The number of carbonyl (C=O) groups excluding carboxylic acids is 1. The fraction of sp³-hybridized carbons (Fsp3) is 0.333. The molecule has 0 spiro atoms. The number of pyridine rings is 1. The van der Waals surface area contributed by atoms with Crippen LogP contribution < -0.4 is 0 Å². The average Bonchev–Trinajstić information content (AvgIpc) is 2.53. The molecule has 2 rings (SSSR count). The molecule has 1 aromatic carbocycles. The number of aromatic nitrogens is 1. The third-order valence-electron chi connectivity index (χ3n) is 3.92. The summed E-state index contributed by atoms with van der Waals surface area (Å²) in [6.07, 6.45) is 2.69. The van der Waals surface area contributed by atoms with Gasteiger partial charge in [-0.15, -0.1) is 0 Å². The molecule has 2 aromatic rings. The van der Waals surface area contributed by atoms with Gasteiger partial charge in [-0.05, 0) is 38.5 Å². The molecular weight excluding hydrogens is 260 g/mol. The number of rotatable bonds is 4. The van der Waals surface area contributed by atoms with Gasteiger partial charge in [0.2, 0.25) is 0 Å². The highest BCUT2D eigenvalue weighted by Gasteiger charge is 2.20. The van der Waals surface area contributed by atoms with E-state index in [9.17, 15) is 4.79 Å². The van der Waals surface area contributed by atoms with Gasteiger partial charge < -0.3 is 4.90 Å². The zero-order valence-corrected chi connectivity index (χ0v) is 13.1. The van der Waals surface area contributed by atoms with Gasteiger partial charge in [0.05, 0.1) is 5.69 Å². The van der Waals surface area contributed by atoms with E-state index in [2.05, 4.69) is 18.8 Å². The number of benzene rings is 1. The minimum absolute atomic E-state index is 0.0497. The molecule has 3 heteroatoms. The molecule has 0 aliphatic carbocycles. The van der Waals surface area contributed by atoms with E-state index in [0.717, 1.165) is 28.8 Å². The lowest BCUT2D eigenvalue weighted by Crippen LogP contribution is -2.34. The minimum atomic E-state index is 0.0497. The SMILES string of the molecule is CCC(C)N(C)C(=O)c1cc(C)ccc1-c1ccccn1. The van der Waals surface area contributed by atoms with E-state index in [1.54, 1.807) is 11.1 Å². The van der Waals surface area contributed by atoms with E-state index in [4.69, 9.17) is 0 Å². The van der Waals surface area contributed by atoms with Gasteiger partial charge in [-0.2, -0.15) is 0 Å². The maximum atomic E-state index is 12.8. The number of nitrogens with zero attached hydrogens (tertiary/aromatic N) is 2. The maximum Gasteiger partial charge on any atom is 0.254 e. The van der Waals surface area contributed by atoms with Crippen molar-refractivity contribution >= 4 is 5.91 Å². The van der Waals surface area contributed by atoms with Gasteiger partial charge in [0.1, 0.15) is 0 Å². The first-order valence-corrected chi connectivity index (χ1v) is 7.33. The van der Waals surface area contributed by atoms with Gasteiger partial charge in [-0.25, -0.2) is 0 Å². The summed E-state index contributed by atoms with van der Waals surface area (Å²) in [7, 11) is 1.86. The highest BCUT2D eigenvalue weighted by Crippen LogP contribution is 2.24. The van der Waals surface area contributed by atoms with Crippen LogP contribution >= 0.6 is 0 Å². The van der Waals surface area contributed by atoms with Crippen LogP contribution in [0.3, 0.4) is 0 Å². The molecule has 0 saturated carbocycles. The zero-order chi connectivity index (χ0) is 15.4. The quantitative estimate of drug-likeness (QED) is 0.851. The second-order valence-corrected chi connectivity index (χ2v) is 5.44. The van der Waals surface area contributed by atoms with Crippen LogP contribution in [0.2, 0.25) is 0 Å². The smallest absolute Gasteiger partial charge is 0.254 e. The fourth-order valence-corrected chi connectivity index (χ4v) is 2.24. The molecule has 110 valence electrons. The Morgan fingerprint density at radius 1 is 1.29 bits per heavy atom. The summed E-state index contributed by atoms with van der Waals surface area (Å²) in [5, 5.41) is 0. The molecule has 0 aliphatic heterocycles. The average molecular weight is 282 g/mol. The molecule has 1 heterocycles. The van der Waals surface area contributed by atoms with Crippen molar-refractivity contribution in [2.24, 2.45) is 0 Å². The summed E-state index contributed by atoms with van der Waals surface area (Å²) in [5.74, 6) is 0.0497. The van der Waals surface area contributed by atoms with E-state index in [1.165, 1.54) is 0 Å². The van der Waals surface area contributed by atoms with Crippen molar-refractivity contribution in [3.8, 4) is 11.3 Å². The Morgan fingerprint density at radius 3 is 2.67 bits per heavy atom. The second-order valence-electron chi connectivity index (χ2n) is 5.44. The molecule has 21 heavy (non-hydrogen) atoms. The number of hydrogen-bond donors (Lipinski definition) is 0. The van der Waals surface area contributed by atoms with Crippen molar-refractivity contribution in [3.63, 3.8) is 0 Å². The van der Waals surface area contributed by atoms with Crippen LogP contribution in [0, 0.1) is 6.92 Å². The number of amides is 1. The molecule has 1 amide bonds. The maximum absolute atomic E-state index is 12.8. The lowest BCUT2D eigenvalue weighted by atomic mass is 9.99. The molecular formula is C18H22N2O. The van der Waals surface area contributed by atoms with E-state index < -0.39 is 0 Å². The Balaban J connectivity index is 2.48. The first-order valence-electron chi connectivity index (χ1n) is 7.33. The molecule has 0 radical (unpaired) electrons. The topological polar surface area (TPSA) is 33.2 Å². The van der Waals surface area contributed by atoms with Crippen LogP contribution in [0.25, 0.3) is 11.3 Å². The number of carbonyl (C=O) groups is 1. The zero-order valence-electron chi connectivity index (χ0n) is 13.1. The van der Waals surface area contributed by atoms with Crippen LogP contribution in [-0.2, 0) is 0 Å². The van der Waals surface area contributed by atoms with Gasteiger partial charge in [0, 0.05) is 30.4 Å². The molecule has 0 aliphatic rings. The third-order valence-corrected chi connectivity index (χ3v) is 3.92. The standard InChI is InChI=1S/C18H22N2O/c1-5-14(3)20(4)18(21)16-12-13(2)9-10-15(16)17-8-6-7-11-19-17/h6-12,14H,5H2,1-4H3. The van der Waals surface area contributed by atoms with Crippen molar-refractivity contribution in [2.75, 3.05) is 7.05 Å². The van der Waals surface area contributed by atoms with Gasteiger partial charge >= 0.3 is 0 Å². The van der Waals surface area contributed by atoms with Crippen molar-refractivity contribution < 1.29 is 4.79 Å². The minimum Gasteiger partial charge on any atom is -0.339 e. The van der Waals surface area contributed by atoms with Crippen LogP contribution in [0.5, 0.6) is 0 Å². The first kappa shape index (κ1) is 15.2. The molecule has 3 nitrogen and oxygen atoms in total. The lowest BCUT2D eigenvalue weighted by Gasteiger charge is -2.25. The predicted octanol–water partition coefficient (Wildman–Crippen LogP) is 3.93. The Bertz CT molecular complexity index is 622. The fourth-order valence-electron chi connectivity index (χ4n) is 2.24. The third kappa shape index (κ3) is 3.30. The molecule has 0 bridgehead atoms. The van der Waals surface area contributed by atoms with E-state index in [1.807, 2.05) is 50.4 Å². The van der Waals surface area contributed by atoms with E-state index >= 15 is 0 Å². The Hall–Kier alpha value is -2.16. The van der Waals surface area contributed by atoms with E-state index in [0.29, 0.717) is 0 Å². The van der Waals surface area contributed by atoms with Gasteiger partial charge in [0.25, 0.3) is 5.91 Å². The Labute approximate surface area is 126 Å².